The zero-order valence-electron chi connectivity index (χ0n) is 8.83. The van der Waals surface area contributed by atoms with Gasteiger partial charge in [-0.2, -0.15) is 0 Å². The first-order valence-corrected chi connectivity index (χ1v) is 6.95. The maximum Gasteiger partial charge on any atom is 0.223 e. The number of carbonyl (C=O) groups excluding carboxylic acids is 1. The average Bonchev–Trinajstić information content (AvgIpc) is 2.73. The van der Waals surface area contributed by atoms with E-state index in [0.29, 0.717) is 6.54 Å². The second kappa shape index (κ2) is 5.75. The Hall–Kier alpha value is -0.460. The molecule has 1 fully saturated rings. The van der Waals surface area contributed by atoms with E-state index in [1.165, 1.54) is 0 Å². The SMILES string of the molecule is O=C(NCc1ncc(Br)s1)C1CCNCC1. The summed E-state index contributed by atoms with van der Waals surface area (Å²) in [5, 5.41) is 7.13. The van der Waals surface area contributed by atoms with Gasteiger partial charge in [-0.3, -0.25) is 4.79 Å². The van der Waals surface area contributed by atoms with Crippen LogP contribution in [0.15, 0.2) is 9.98 Å². The van der Waals surface area contributed by atoms with Crippen LogP contribution in [0.1, 0.15) is 17.8 Å². The first-order chi connectivity index (χ1) is 7.75. The van der Waals surface area contributed by atoms with Crippen molar-refractivity contribution in [2.24, 2.45) is 5.92 Å². The van der Waals surface area contributed by atoms with Gasteiger partial charge >= 0.3 is 0 Å². The van der Waals surface area contributed by atoms with E-state index >= 15 is 0 Å². The lowest BCUT2D eigenvalue weighted by Crippen LogP contribution is -2.37. The van der Waals surface area contributed by atoms with Crippen LogP contribution in [0.2, 0.25) is 0 Å². The van der Waals surface area contributed by atoms with E-state index in [2.05, 4.69) is 31.5 Å². The molecular formula is C10H14BrN3OS. The molecule has 16 heavy (non-hydrogen) atoms. The Morgan fingerprint density at radius 3 is 3.00 bits per heavy atom. The first-order valence-electron chi connectivity index (χ1n) is 5.34. The molecule has 2 rings (SSSR count). The van der Waals surface area contributed by atoms with Gasteiger partial charge in [0.1, 0.15) is 5.01 Å². The minimum Gasteiger partial charge on any atom is -0.349 e. The highest BCUT2D eigenvalue weighted by Gasteiger charge is 2.20. The summed E-state index contributed by atoms with van der Waals surface area (Å²) in [4.78, 5) is 16.0. The molecule has 1 aromatic heterocycles. The van der Waals surface area contributed by atoms with Crippen LogP contribution in [0.3, 0.4) is 0 Å². The van der Waals surface area contributed by atoms with Crippen LogP contribution < -0.4 is 10.6 Å². The summed E-state index contributed by atoms with van der Waals surface area (Å²) in [5.74, 6) is 0.331. The summed E-state index contributed by atoms with van der Waals surface area (Å²) >= 11 is 4.91. The van der Waals surface area contributed by atoms with Crippen molar-refractivity contribution in [1.29, 1.82) is 0 Å². The zero-order chi connectivity index (χ0) is 11.4. The van der Waals surface area contributed by atoms with Crippen molar-refractivity contribution < 1.29 is 4.79 Å². The third-order valence-electron chi connectivity index (χ3n) is 2.65. The smallest absolute Gasteiger partial charge is 0.223 e. The van der Waals surface area contributed by atoms with E-state index in [9.17, 15) is 4.79 Å². The molecule has 0 saturated carbocycles. The number of halogens is 1. The standard InChI is InChI=1S/C10H14BrN3OS/c11-8-5-13-9(16-8)6-14-10(15)7-1-3-12-4-2-7/h5,7,12H,1-4,6H2,(H,14,15). The summed E-state index contributed by atoms with van der Waals surface area (Å²) in [6, 6.07) is 0. The molecule has 0 spiro atoms. The number of nitrogens with one attached hydrogen (secondary N) is 2. The van der Waals surface area contributed by atoms with E-state index in [-0.39, 0.29) is 11.8 Å². The number of rotatable bonds is 3. The molecule has 1 saturated heterocycles. The van der Waals surface area contributed by atoms with Crippen LogP contribution in [0, 0.1) is 5.92 Å². The van der Waals surface area contributed by atoms with Crippen LogP contribution >= 0.6 is 27.3 Å². The molecule has 4 nitrogen and oxygen atoms in total. The van der Waals surface area contributed by atoms with Crippen LogP contribution in [-0.2, 0) is 11.3 Å². The third-order valence-corrected chi connectivity index (χ3v) is 4.13. The van der Waals surface area contributed by atoms with E-state index in [1.807, 2.05) is 0 Å². The number of hydrogen-bond acceptors (Lipinski definition) is 4. The molecule has 1 aromatic rings. The molecule has 0 unspecified atom stereocenters. The summed E-state index contributed by atoms with van der Waals surface area (Å²) < 4.78 is 0.999. The van der Waals surface area contributed by atoms with Crippen molar-refractivity contribution in [2.75, 3.05) is 13.1 Å². The largest absolute Gasteiger partial charge is 0.349 e. The molecule has 0 bridgehead atoms. The average molecular weight is 304 g/mol. The summed E-state index contributed by atoms with van der Waals surface area (Å²) in [5.41, 5.74) is 0. The second-order valence-corrected chi connectivity index (χ2v) is 6.29. The number of hydrogen-bond donors (Lipinski definition) is 2. The van der Waals surface area contributed by atoms with Gasteiger partial charge in [0.25, 0.3) is 0 Å². The monoisotopic (exact) mass is 303 g/mol. The minimum atomic E-state index is 0.160. The molecule has 1 amide bonds. The predicted octanol–water partition coefficient (Wildman–Crippen LogP) is 1.52. The summed E-state index contributed by atoms with van der Waals surface area (Å²) in [7, 11) is 0. The van der Waals surface area contributed by atoms with Gasteiger partial charge in [0, 0.05) is 5.92 Å². The van der Waals surface area contributed by atoms with Gasteiger partial charge in [0.05, 0.1) is 16.5 Å². The van der Waals surface area contributed by atoms with Crippen LogP contribution in [0.4, 0.5) is 0 Å². The lowest BCUT2D eigenvalue weighted by molar-refractivity contribution is -0.125. The van der Waals surface area contributed by atoms with Crippen molar-refractivity contribution in [3.8, 4) is 0 Å². The van der Waals surface area contributed by atoms with Crippen molar-refractivity contribution >= 4 is 33.2 Å². The van der Waals surface area contributed by atoms with Gasteiger partial charge in [-0.25, -0.2) is 4.98 Å². The Labute approximate surface area is 107 Å². The van der Waals surface area contributed by atoms with E-state index in [0.717, 1.165) is 34.7 Å². The van der Waals surface area contributed by atoms with Gasteiger partial charge in [-0.1, -0.05) is 0 Å². The van der Waals surface area contributed by atoms with Gasteiger partial charge in [0.2, 0.25) is 5.91 Å². The lowest BCUT2D eigenvalue weighted by Gasteiger charge is -2.21. The van der Waals surface area contributed by atoms with E-state index in [4.69, 9.17) is 0 Å². The molecule has 0 aliphatic carbocycles. The molecule has 0 aromatic carbocycles. The van der Waals surface area contributed by atoms with Gasteiger partial charge < -0.3 is 10.6 Å². The Morgan fingerprint density at radius 2 is 2.38 bits per heavy atom. The van der Waals surface area contributed by atoms with Crippen LogP contribution in [-0.4, -0.2) is 24.0 Å². The Balaban J connectivity index is 1.78. The lowest BCUT2D eigenvalue weighted by atomic mass is 9.97. The highest BCUT2D eigenvalue weighted by atomic mass is 79.9. The fourth-order valence-corrected chi connectivity index (χ4v) is 3.00. The summed E-state index contributed by atoms with van der Waals surface area (Å²) in [6.07, 6.45) is 3.64. The van der Waals surface area contributed by atoms with E-state index < -0.39 is 0 Å². The number of thiazole rings is 1. The molecule has 0 atom stereocenters. The van der Waals surface area contributed by atoms with Crippen LogP contribution in [0.5, 0.6) is 0 Å². The molecule has 0 radical (unpaired) electrons. The third kappa shape index (κ3) is 3.26. The first kappa shape index (κ1) is 12.0. The maximum atomic E-state index is 11.8. The summed E-state index contributed by atoms with van der Waals surface area (Å²) in [6.45, 7) is 2.43. The topological polar surface area (TPSA) is 54.0 Å². The number of piperidine rings is 1. The molecule has 2 heterocycles. The van der Waals surface area contributed by atoms with Crippen molar-refractivity contribution in [1.82, 2.24) is 15.6 Å². The Bertz CT molecular complexity index is 363. The maximum absolute atomic E-state index is 11.8. The fourth-order valence-electron chi connectivity index (χ4n) is 1.76. The minimum absolute atomic E-state index is 0.160. The van der Waals surface area contributed by atoms with Gasteiger partial charge in [0.15, 0.2) is 0 Å². The number of carbonyl (C=O) groups is 1. The quantitative estimate of drug-likeness (QED) is 0.890. The molecule has 1 aliphatic rings. The second-order valence-electron chi connectivity index (χ2n) is 3.80. The van der Waals surface area contributed by atoms with E-state index in [1.54, 1.807) is 17.5 Å². The Kier molecular flexibility index (Phi) is 4.31. The van der Waals surface area contributed by atoms with Gasteiger partial charge in [-0.05, 0) is 41.9 Å². The molecule has 6 heteroatoms. The zero-order valence-corrected chi connectivity index (χ0v) is 11.2. The fraction of sp³-hybridized carbons (Fsp3) is 0.600. The number of aromatic nitrogens is 1. The Morgan fingerprint density at radius 1 is 1.62 bits per heavy atom. The highest BCUT2D eigenvalue weighted by Crippen LogP contribution is 2.19. The number of nitrogens with zero attached hydrogens (tertiary/aromatic N) is 1. The predicted molar refractivity (Wildman–Crippen MR) is 67.3 cm³/mol. The molecule has 1 aliphatic heterocycles. The molecule has 2 N–H and O–H groups in total. The van der Waals surface area contributed by atoms with Crippen molar-refractivity contribution in [3.63, 3.8) is 0 Å². The van der Waals surface area contributed by atoms with Crippen molar-refractivity contribution in [3.05, 3.63) is 15.0 Å². The van der Waals surface area contributed by atoms with Crippen molar-refractivity contribution in [2.45, 2.75) is 19.4 Å². The normalized spacial score (nSPS) is 17.3. The highest BCUT2D eigenvalue weighted by molar-refractivity contribution is 9.11. The van der Waals surface area contributed by atoms with Crippen LogP contribution in [0.25, 0.3) is 0 Å². The molecule has 88 valence electrons. The van der Waals surface area contributed by atoms with Gasteiger partial charge in [-0.15, -0.1) is 11.3 Å². The number of amides is 1. The molecular weight excluding hydrogens is 290 g/mol.